The summed E-state index contributed by atoms with van der Waals surface area (Å²) in [6, 6.07) is 1.16. The van der Waals surface area contributed by atoms with Gasteiger partial charge in [-0.15, -0.1) is 0 Å². The Balaban J connectivity index is 3.71. The molecule has 0 radical (unpaired) electrons. The zero-order chi connectivity index (χ0) is 16.4. The van der Waals surface area contributed by atoms with E-state index >= 15 is 0 Å². The van der Waals surface area contributed by atoms with Crippen LogP contribution in [-0.4, -0.2) is 73.5 Å². The second-order valence-electron chi connectivity index (χ2n) is 6.77. The molecule has 0 N–H and O–H groups in total. The third-order valence-corrected chi connectivity index (χ3v) is 4.34. The van der Waals surface area contributed by atoms with E-state index in [1.165, 1.54) is 0 Å². The molecule has 0 fully saturated rings. The Hall–Kier alpha value is -0.610. The topological polar surface area (TPSA) is 26.8 Å². The first-order chi connectivity index (χ1) is 9.75. The van der Waals surface area contributed by atoms with Gasteiger partial charge in [0.05, 0.1) is 0 Å². The molecule has 21 heavy (non-hydrogen) atoms. The lowest BCUT2D eigenvalue weighted by molar-refractivity contribution is -0.130. The highest BCUT2D eigenvalue weighted by Gasteiger charge is 2.10. The van der Waals surface area contributed by atoms with Gasteiger partial charge in [0.1, 0.15) is 0 Å². The molecule has 4 heteroatoms. The summed E-state index contributed by atoms with van der Waals surface area (Å²) >= 11 is 0. The summed E-state index contributed by atoms with van der Waals surface area (Å²) in [4.78, 5) is 18.6. The van der Waals surface area contributed by atoms with Crippen LogP contribution in [-0.2, 0) is 4.79 Å². The van der Waals surface area contributed by atoms with Crippen LogP contribution in [0.25, 0.3) is 0 Å². The standard InChI is InChI=1S/C17H37N3O/c1-15(2)18(5)12-9-8-11-17(21)20(7)14-10-13-19(6)16(3)4/h15-16H,8-14H2,1-7H3. The SMILES string of the molecule is CC(C)N(C)CCCCC(=O)N(C)CCCN(C)C(C)C. The predicted molar refractivity (Wildman–Crippen MR) is 91.6 cm³/mol. The van der Waals surface area contributed by atoms with E-state index in [1.807, 2.05) is 11.9 Å². The van der Waals surface area contributed by atoms with Crippen LogP contribution < -0.4 is 0 Å². The quantitative estimate of drug-likeness (QED) is 0.549. The summed E-state index contributed by atoms with van der Waals surface area (Å²) in [5.41, 5.74) is 0. The lowest BCUT2D eigenvalue weighted by Gasteiger charge is -2.23. The molecule has 0 aromatic carbocycles. The van der Waals surface area contributed by atoms with Crippen LogP contribution in [0, 0.1) is 0 Å². The largest absolute Gasteiger partial charge is 0.346 e. The zero-order valence-corrected chi connectivity index (χ0v) is 15.4. The highest BCUT2D eigenvalue weighted by Crippen LogP contribution is 2.04. The van der Waals surface area contributed by atoms with E-state index in [0.717, 1.165) is 38.9 Å². The molecule has 126 valence electrons. The molecule has 0 bridgehead atoms. The number of unbranched alkanes of at least 4 members (excludes halogenated alkanes) is 1. The van der Waals surface area contributed by atoms with Crippen molar-refractivity contribution in [1.29, 1.82) is 0 Å². The summed E-state index contributed by atoms with van der Waals surface area (Å²) in [7, 11) is 6.21. The van der Waals surface area contributed by atoms with Crippen molar-refractivity contribution in [2.24, 2.45) is 0 Å². The van der Waals surface area contributed by atoms with E-state index in [-0.39, 0.29) is 5.91 Å². The van der Waals surface area contributed by atoms with Crippen LogP contribution in [0.4, 0.5) is 0 Å². The normalized spacial score (nSPS) is 12.0. The molecule has 0 atom stereocenters. The number of carbonyl (C=O) groups excluding carboxylic acids is 1. The van der Waals surface area contributed by atoms with Gasteiger partial charge in [0, 0.05) is 32.1 Å². The Kier molecular flexibility index (Phi) is 10.7. The van der Waals surface area contributed by atoms with Gasteiger partial charge in [-0.05, 0) is 74.1 Å². The number of nitrogens with zero attached hydrogens (tertiary/aromatic N) is 3. The number of carbonyl (C=O) groups is 1. The van der Waals surface area contributed by atoms with Gasteiger partial charge in [0.25, 0.3) is 0 Å². The third kappa shape index (κ3) is 9.86. The Morgan fingerprint density at radius 1 is 0.762 bits per heavy atom. The second-order valence-corrected chi connectivity index (χ2v) is 6.77. The van der Waals surface area contributed by atoms with Gasteiger partial charge < -0.3 is 14.7 Å². The van der Waals surface area contributed by atoms with E-state index in [0.29, 0.717) is 18.5 Å². The average Bonchev–Trinajstić information content (AvgIpc) is 2.42. The van der Waals surface area contributed by atoms with Crippen molar-refractivity contribution in [3.63, 3.8) is 0 Å². The molecular weight excluding hydrogens is 262 g/mol. The number of hydrogen-bond acceptors (Lipinski definition) is 3. The molecule has 1 amide bonds. The van der Waals surface area contributed by atoms with Gasteiger partial charge in [0.15, 0.2) is 0 Å². The summed E-state index contributed by atoms with van der Waals surface area (Å²) in [5, 5.41) is 0. The molecule has 4 nitrogen and oxygen atoms in total. The third-order valence-electron chi connectivity index (χ3n) is 4.34. The van der Waals surface area contributed by atoms with Crippen molar-refractivity contribution in [3.8, 4) is 0 Å². The fourth-order valence-electron chi connectivity index (χ4n) is 2.03. The summed E-state index contributed by atoms with van der Waals surface area (Å²) in [5.74, 6) is 0.286. The van der Waals surface area contributed by atoms with Crippen LogP contribution in [0.3, 0.4) is 0 Å². The van der Waals surface area contributed by atoms with E-state index in [2.05, 4.69) is 51.6 Å². The van der Waals surface area contributed by atoms with Gasteiger partial charge in [-0.1, -0.05) is 0 Å². The predicted octanol–water partition coefficient (Wildman–Crippen LogP) is 2.69. The maximum Gasteiger partial charge on any atom is 0.222 e. The van der Waals surface area contributed by atoms with Gasteiger partial charge in [-0.2, -0.15) is 0 Å². The lowest BCUT2D eigenvalue weighted by atomic mass is 10.2. The minimum absolute atomic E-state index is 0.286. The van der Waals surface area contributed by atoms with Gasteiger partial charge in [-0.25, -0.2) is 0 Å². The Bertz CT molecular complexity index is 279. The number of amides is 1. The van der Waals surface area contributed by atoms with Crippen LogP contribution in [0.15, 0.2) is 0 Å². The fourth-order valence-corrected chi connectivity index (χ4v) is 2.03. The molecule has 0 rings (SSSR count). The summed E-state index contributed by atoms with van der Waals surface area (Å²) in [6.07, 6.45) is 3.83. The molecular formula is C17H37N3O. The van der Waals surface area contributed by atoms with E-state index < -0.39 is 0 Å². The fraction of sp³-hybridized carbons (Fsp3) is 0.941. The smallest absolute Gasteiger partial charge is 0.222 e. The Morgan fingerprint density at radius 2 is 1.24 bits per heavy atom. The molecule has 0 spiro atoms. The molecule has 0 aliphatic heterocycles. The minimum atomic E-state index is 0.286. The van der Waals surface area contributed by atoms with Crippen LogP contribution in [0.2, 0.25) is 0 Å². The molecule has 0 heterocycles. The zero-order valence-electron chi connectivity index (χ0n) is 15.4. The lowest BCUT2D eigenvalue weighted by Crippen LogP contribution is -2.32. The second kappa shape index (κ2) is 11.0. The summed E-state index contributed by atoms with van der Waals surface area (Å²) in [6.45, 7) is 11.8. The van der Waals surface area contributed by atoms with Gasteiger partial charge in [0.2, 0.25) is 5.91 Å². The molecule has 0 saturated heterocycles. The van der Waals surface area contributed by atoms with Gasteiger partial charge in [-0.3, -0.25) is 4.79 Å². The van der Waals surface area contributed by atoms with Crippen LogP contribution in [0.5, 0.6) is 0 Å². The highest BCUT2D eigenvalue weighted by molar-refractivity contribution is 5.75. The maximum atomic E-state index is 12.0. The van der Waals surface area contributed by atoms with Crippen LogP contribution in [0.1, 0.15) is 53.4 Å². The van der Waals surface area contributed by atoms with E-state index in [1.54, 1.807) is 0 Å². The molecule has 0 aliphatic rings. The first-order valence-corrected chi connectivity index (χ1v) is 8.40. The van der Waals surface area contributed by atoms with Crippen molar-refractivity contribution >= 4 is 5.91 Å². The van der Waals surface area contributed by atoms with Crippen molar-refractivity contribution in [3.05, 3.63) is 0 Å². The minimum Gasteiger partial charge on any atom is -0.346 e. The van der Waals surface area contributed by atoms with Crippen molar-refractivity contribution in [2.75, 3.05) is 40.8 Å². The molecule has 0 saturated carbocycles. The monoisotopic (exact) mass is 299 g/mol. The first-order valence-electron chi connectivity index (χ1n) is 8.40. The number of rotatable bonds is 11. The molecule has 0 aromatic rings. The first kappa shape index (κ1) is 20.4. The molecule has 0 aliphatic carbocycles. The summed E-state index contributed by atoms with van der Waals surface area (Å²) < 4.78 is 0. The van der Waals surface area contributed by atoms with Crippen molar-refractivity contribution in [2.45, 2.75) is 65.5 Å². The van der Waals surface area contributed by atoms with E-state index in [4.69, 9.17) is 0 Å². The molecule has 0 aromatic heterocycles. The van der Waals surface area contributed by atoms with Crippen molar-refractivity contribution in [1.82, 2.24) is 14.7 Å². The maximum absolute atomic E-state index is 12.0. The van der Waals surface area contributed by atoms with E-state index in [9.17, 15) is 4.79 Å². The van der Waals surface area contributed by atoms with Crippen LogP contribution >= 0.6 is 0 Å². The Labute approximate surface area is 132 Å². The Morgan fingerprint density at radius 3 is 1.71 bits per heavy atom. The molecule has 0 unspecified atom stereocenters. The number of hydrogen-bond donors (Lipinski definition) is 0. The average molecular weight is 300 g/mol. The van der Waals surface area contributed by atoms with Gasteiger partial charge >= 0.3 is 0 Å². The highest BCUT2D eigenvalue weighted by atomic mass is 16.2. The van der Waals surface area contributed by atoms with Crippen molar-refractivity contribution < 1.29 is 4.79 Å².